The lowest BCUT2D eigenvalue weighted by Gasteiger charge is -2.17. The lowest BCUT2D eigenvalue weighted by molar-refractivity contribution is 0.174. The lowest BCUT2D eigenvalue weighted by Crippen LogP contribution is -2.12. The molecule has 98 valence electrons. The zero-order valence-corrected chi connectivity index (χ0v) is 11.1. The summed E-state index contributed by atoms with van der Waals surface area (Å²) in [6, 6.07) is 8.99. The van der Waals surface area contributed by atoms with Crippen molar-refractivity contribution in [3.63, 3.8) is 0 Å². The van der Waals surface area contributed by atoms with Crippen LogP contribution in [0.2, 0.25) is 0 Å². The zero-order chi connectivity index (χ0) is 13.4. The van der Waals surface area contributed by atoms with Gasteiger partial charge in [0, 0.05) is 24.0 Å². The average molecular weight is 275 g/mol. The number of hydrogen-bond acceptors (Lipinski definition) is 4. The van der Waals surface area contributed by atoms with Crippen molar-refractivity contribution in [2.75, 3.05) is 7.11 Å². The summed E-state index contributed by atoms with van der Waals surface area (Å²) in [6.07, 6.45) is 2.40. The van der Waals surface area contributed by atoms with Crippen LogP contribution in [0.3, 0.4) is 0 Å². The number of nitrogens with zero attached hydrogens (tertiary/aromatic N) is 1. The van der Waals surface area contributed by atoms with Crippen molar-refractivity contribution < 1.29 is 14.4 Å². The van der Waals surface area contributed by atoms with Gasteiger partial charge in [0.25, 0.3) is 0 Å². The second-order valence-electron chi connectivity index (χ2n) is 4.35. The molecular weight excluding hydrogens is 262 g/mol. The van der Waals surface area contributed by atoms with Crippen LogP contribution in [-0.4, -0.2) is 21.8 Å². The summed E-state index contributed by atoms with van der Waals surface area (Å²) in [5.41, 5.74) is 1.49. The second-order valence-corrected chi connectivity index (χ2v) is 5.89. The van der Waals surface area contributed by atoms with Gasteiger partial charge in [-0.2, -0.15) is 0 Å². The fourth-order valence-corrected chi connectivity index (χ4v) is 3.98. The molecular formula is C14H13NO3S. The van der Waals surface area contributed by atoms with Crippen LogP contribution in [0, 0.1) is 0 Å². The molecule has 1 aliphatic heterocycles. The Morgan fingerprint density at radius 1 is 1.26 bits per heavy atom. The number of fused-ring (bicyclic) bond motifs is 1. The number of ether oxygens (including phenoxy) is 1. The minimum Gasteiger partial charge on any atom is -0.611 e. The van der Waals surface area contributed by atoms with Crippen LogP contribution in [-0.2, 0) is 11.2 Å². The van der Waals surface area contributed by atoms with Crippen LogP contribution < -0.4 is 4.74 Å². The van der Waals surface area contributed by atoms with Gasteiger partial charge in [0.15, 0.2) is 10.1 Å². The molecule has 1 aromatic carbocycles. The van der Waals surface area contributed by atoms with Crippen molar-refractivity contribution in [1.29, 1.82) is 0 Å². The smallest absolute Gasteiger partial charge is 0.176 e. The summed E-state index contributed by atoms with van der Waals surface area (Å²) in [4.78, 5) is 4.65. The first-order valence-electron chi connectivity index (χ1n) is 5.89. The molecule has 1 aromatic heterocycles. The minimum atomic E-state index is -1.26. The Hall–Kier alpha value is -1.56. The van der Waals surface area contributed by atoms with Crippen LogP contribution >= 0.6 is 0 Å². The molecule has 1 aliphatic rings. The molecule has 3 atom stereocenters. The standard InChI is InChI=1S/C14H13NO3S/c1-18-10-4-2-9(3-5-10)14-13(16)11-8-15-7-6-12(11)19(14)17/h2-8,13-14,16H,1H3. The van der Waals surface area contributed by atoms with Gasteiger partial charge in [0.05, 0.1) is 12.7 Å². The third-order valence-electron chi connectivity index (χ3n) is 3.31. The van der Waals surface area contributed by atoms with Gasteiger partial charge in [-0.25, -0.2) is 0 Å². The molecule has 0 saturated carbocycles. The third kappa shape index (κ3) is 2.00. The van der Waals surface area contributed by atoms with Gasteiger partial charge in [-0.1, -0.05) is 12.1 Å². The number of aliphatic hydroxyl groups is 1. The number of pyridine rings is 1. The fourth-order valence-electron chi connectivity index (χ4n) is 2.32. The molecule has 2 heterocycles. The first-order valence-corrected chi connectivity index (χ1v) is 7.10. The number of aliphatic hydroxyl groups excluding tert-OH is 1. The molecule has 0 saturated heterocycles. The van der Waals surface area contributed by atoms with E-state index in [-0.39, 0.29) is 0 Å². The van der Waals surface area contributed by atoms with E-state index >= 15 is 0 Å². The SMILES string of the molecule is COc1ccc(C2C(O)c3cnccc3[S+]2[O-])cc1. The number of benzene rings is 1. The van der Waals surface area contributed by atoms with E-state index in [0.29, 0.717) is 10.5 Å². The Morgan fingerprint density at radius 3 is 2.63 bits per heavy atom. The first kappa shape index (κ1) is 12.5. The maximum Gasteiger partial charge on any atom is 0.176 e. The van der Waals surface area contributed by atoms with Gasteiger partial charge in [-0.3, -0.25) is 4.98 Å². The molecule has 3 unspecified atom stereocenters. The van der Waals surface area contributed by atoms with Gasteiger partial charge in [-0.15, -0.1) is 0 Å². The summed E-state index contributed by atoms with van der Waals surface area (Å²) < 4.78 is 17.6. The summed E-state index contributed by atoms with van der Waals surface area (Å²) in [6.45, 7) is 0. The number of rotatable bonds is 2. The van der Waals surface area contributed by atoms with E-state index in [2.05, 4.69) is 4.98 Å². The van der Waals surface area contributed by atoms with E-state index in [1.165, 1.54) is 0 Å². The maximum absolute atomic E-state index is 12.5. The summed E-state index contributed by atoms with van der Waals surface area (Å²) in [7, 11) is 1.60. The Morgan fingerprint density at radius 2 is 2.00 bits per heavy atom. The lowest BCUT2D eigenvalue weighted by atomic mass is 10.0. The zero-order valence-electron chi connectivity index (χ0n) is 10.3. The van der Waals surface area contributed by atoms with Crippen LogP contribution in [0.15, 0.2) is 47.6 Å². The van der Waals surface area contributed by atoms with Gasteiger partial charge in [0.2, 0.25) is 0 Å². The molecule has 0 aliphatic carbocycles. The molecule has 1 N–H and O–H groups in total. The van der Waals surface area contributed by atoms with Crippen LogP contribution in [0.4, 0.5) is 0 Å². The van der Waals surface area contributed by atoms with Crippen molar-refractivity contribution in [1.82, 2.24) is 4.98 Å². The molecule has 0 fully saturated rings. The van der Waals surface area contributed by atoms with Crippen molar-refractivity contribution in [3.8, 4) is 5.75 Å². The summed E-state index contributed by atoms with van der Waals surface area (Å²) >= 11 is -1.26. The predicted molar refractivity (Wildman–Crippen MR) is 71.3 cm³/mol. The number of methoxy groups -OCH3 is 1. The Balaban J connectivity index is 1.98. The molecule has 0 bridgehead atoms. The Bertz CT molecular complexity index is 558. The van der Waals surface area contributed by atoms with E-state index in [4.69, 9.17) is 4.74 Å². The Labute approximate surface area is 114 Å². The average Bonchev–Trinajstić information content (AvgIpc) is 2.72. The van der Waals surface area contributed by atoms with Crippen molar-refractivity contribution in [2.45, 2.75) is 16.2 Å². The highest BCUT2D eigenvalue weighted by Gasteiger charge is 2.44. The second kappa shape index (κ2) is 4.85. The fraction of sp³-hybridized carbons (Fsp3) is 0.214. The third-order valence-corrected chi connectivity index (χ3v) is 5.10. The van der Waals surface area contributed by atoms with Crippen LogP contribution in [0.25, 0.3) is 0 Å². The molecule has 19 heavy (non-hydrogen) atoms. The Kier molecular flexibility index (Phi) is 3.18. The van der Waals surface area contributed by atoms with Gasteiger partial charge in [-0.05, 0) is 23.3 Å². The highest BCUT2D eigenvalue weighted by Crippen LogP contribution is 2.47. The highest BCUT2D eigenvalue weighted by molar-refractivity contribution is 7.92. The summed E-state index contributed by atoms with van der Waals surface area (Å²) in [5, 5.41) is 9.89. The number of hydrogen-bond donors (Lipinski definition) is 1. The van der Waals surface area contributed by atoms with E-state index in [1.807, 2.05) is 12.1 Å². The van der Waals surface area contributed by atoms with Gasteiger partial charge in [0.1, 0.15) is 11.9 Å². The van der Waals surface area contributed by atoms with Gasteiger partial charge < -0.3 is 14.4 Å². The number of aromatic nitrogens is 1. The van der Waals surface area contributed by atoms with Crippen molar-refractivity contribution >= 4 is 11.2 Å². The normalized spacial score (nSPS) is 25.1. The molecule has 5 heteroatoms. The highest BCUT2D eigenvalue weighted by atomic mass is 32.2. The van der Waals surface area contributed by atoms with Crippen LogP contribution in [0.1, 0.15) is 22.5 Å². The van der Waals surface area contributed by atoms with E-state index in [9.17, 15) is 9.66 Å². The van der Waals surface area contributed by atoms with Crippen molar-refractivity contribution in [2.24, 2.45) is 0 Å². The molecule has 2 aromatic rings. The molecule has 0 amide bonds. The minimum absolute atomic E-state index is 0.440. The first-order chi connectivity index (χ1) is 9.22. The molecule has 3 rings (SSSR count). The maximum atomic E-state index is 12.5. The quantitative estimate of drug-likeness (QED) is 0.851. The topological polar surface area (TPSA) is 65.4 Å². The van der Waals surface area contributed by atoms with E-state index in [1.54, 1.807) is 37.7 Å². The summed E-state index contributed by atoms with van der Waals surface area (Å²) in [5.74, 6) is 0.737. The monoisotopic (exact) mass is 275 g/mol. The molecule has 4 nitrogen and oxygen atoms in total. The van der Waals surface area contributed by atoms with Crippen LogP contribution in [0.5, 0.6) is 5.75 Å². The molecule has 0 radical (unpaired) electrons. The van der Waals surface area contributed by atoms with E-state index < -0.39 is 22.5 Å². The predicted octanol–water partition coefficient (Wildman–Crippen LogP) is 1.99. The largest absolute Gasteiger partial charge is 0.611 e. The molecule has 0 spiro atoms. The van der Waals surface area contributed by atoms with Crippen molar-refractivity contribution in [3.05, 3.63) is 53.9 Å². The van der Waals surface area contributed by atoms with E-state index in [0.717, 1.165) is 11.3 Å². The van der Waals surface area contributed by atoms with Gasteiger partial charge >= 0.3 is 0 Å².